The molecular weight excluding hydrogens is 160 g/mol. The van der Waals surface area contributed by atoms with Gasteiger partial charge in [0.1, 0.15) is 0 Å². The van der Waals surface area contributed by atoms with E-state index in [0.717, 1.165) is 25.7 Å². The largest absolute Gasteiger partial charge is 0.294 e. The molecule has 0 amide bonds. The smallest absolute Gasteiger partial charge is 0.169 e. The second kappa shape index (κ2) is 2.14. The Morgan fingerprint density at radius 1 is 1.31 bits per heavy atom. The summed E-state index contributed by atoms with van der Waals surface area (Å²) in [5, 5.41) is 0. The van der Waals surface area contributed by atoms with Crippen molar-refractivity contribution in [1.29, 1.82) is 0 Å². The summed E-state index contributed by atoms with van der Waals surface area (Å²) < 4.78 is 0. The minimum atomic E-state index is 0.00315. The molecular formula is C12H14O. The van der Waals surface area contributed by atoms with Gasteiger partial charge in [0.15, 0.2) is 5.78 Å². The van der Waals surface area contributed by atoms with Crippen LogP contribution in [0, 0.1) is 5.41 Å². The van der Waals surface area contributed by atoms with Crippen molar-refractivity contribution in [2.24, 2.45) is 5.41 Å². The summed E-state index contributed by atoms with van der Waals surface area (Å²) >= 11 is 0. The number of hydrogen-bond donors (Lipinski definition) is 0. The van der Waals surface area contributed by atoms with E-state index in [0.29, 0.717) is 5.78 Å². The van der Waals surface area contributed by atoms with Gasteiger partial charge in [-0.3, -0.25) is 4.79 Å². The molecule has 0 radical (unpaired) electrons. The molecule has 3 aliphatic carbocycles. The molecule has 0 aromatic heterocycles. The van der Waals surface area contributed by atoms with Gasteiger partial charge in [-0.1, -0.05) is 11.6 Å². The van der Waals surface area contributed by atoms with E-state index in [4.69, 9.17) is 0 Å². The predicted octanol–water partition coefficient (Wildman–Crippen LogP) is 2.78. The zero-order valence-electron chi connectivity index (χ0n) is 8.02. The van der Waals surface area contributed by atoms with Gasteiger partial charge in [0.25, 0.3) is 0 Å². The maximum absolute atomic E-state index is 12.1. The molecule has 0 aliphatic heterocycles. The molecule has 13 heavy (non-hydrogen) atoms. The Bertz CT molecular complexity index is 353. The van der Waals surface area contributed by atoms with Gasteiger partial charge in [0, 0.05) is 0 Å². The van der Waals surface area contributed by atoms with E-state index in [1.165, 1.54) is 23.1 Å². The average Bonchev–Trinajstić information content (AvgIpc) is 2.78. The van der Waals surface area contributed by atoms with Crippen molar-refractivity contribution in [3.8, 4) is 0 Å². The molecule has 0 N–H and O–H groups in total. The van der Waals surface area contributed by atoms with Crippen molar-refractivity contribution in [3.63, 3.8) is 0 Å². The lowest BCUT2D eigenvalue weighted by atomic mass is 9.81. The highest BCUT2D eigenvalue weighted by Gasteiger charge is 2.53. The van der Waals surface area contributed by atoms with Crippen molar-refractivity contribution in [1.82, 2.24) is 0 Å². The molecule has 0 unspecified atom stereocenters. The predicted molar refractivity (Wildman–Crippen MR) is 51.3 cm³/mol. The quantitative estimate of drug-likeness (QED) is 0.552. The third-order valence-electron chi connectivity index (χ3n) is 3.86. The number of allylic oxidation sites excluding steroid dienone is 4. The summed E-state index contributed by atoms with van der Waals surface area (Å²) in [5.74, 6) is 0.472. The highest BCUT2D eigenvalue weighted by atomic mass is 16.1. The number of carbonyl (C=O) groups is 1. The monoisotopic (exact) mass is 174 g/mol. The lowest BCUT2D eigenvalue weighted by Gasteiger charge is -2.21. The van der Waals surface area contributed by atoms with E-state index in [-0.39, 0.29) is 5.41 Å². The van der Waals surface area contributed by atoms with E-state index in [9.17, 15) is 4.79 Å². The number of carbonyl (C=O) groups excluding carboxylic acids is 1. The van der Waals surface area contributed by atoms with E-state index < -0.39 is 0 Å². The molecule has 1 nitrogen and oxygen atoms in total. The highest BCUT2D eigenvalue weighted by Crippen LogP contribution is 2.57. The molecule has 3 rings (SSSR count). The lowest BCUT2D eigenvalue weighted by molar-refractivity contribution is -0.119. The lowest BCUT2D eigenvalue weighted by Crippen LogP contribution is -2.22. The Morgan fingerprint density at radius 3 is 2.77 bits per heavy atom. The molecule has 1 spiro atoms. The first-order valence-corrected chi connectivity index (χ1v) is 5.20. The van der Waals surface area contributed by atoms with Crippen molar-refractivity contribution in [2.75, 3.05) is 0 Å². The van der Waals surface area contributed by atoms with Gasteiger partial charge in [0.2, 0.25) is 0 Å². The average molecular weight is 174 g/mol. The van der Waals surface area contributed by atoms with Gasteiger partial charge in [-0.25, -0.2) is 0 Å². The topological polar surface area (TPSA) is 17.1 Å². The van der Waals surface area contributed by atoms with Crippen LogP contribution in [-0.4, -0.2) is 5.78 Å². The van der Waals surface area contributed by atoms with Gasteiger partial charge in [-0.2, -0.15) is 0 Å². The van der Waals surface area contributed by atoms with Gasteiger partial charge in [0.05, 0.1) is 5.41 Å². The summed E-state index contributed by atoms with van der Waals surface area (Å²) in [5.41, 5.74) is 3.85. The van der Waals surface area contributed by atoms with Crippen LogP contribution in [0.4, 0.5) is 0 Å². The maximum atomic E-state index is 12.1. The Balaban J connectivity index is 2.12. The Hall–Kier alpha value is -0.850. The number of Topliss-reactive ketones (excluding diaryl/α,β-unsaturated/α-hetero) is 1. The van der Waals surface area contributed by atoms with Crippen LogP contribution in [0.2, 0.25) is 0 Å². The minimum Gasteiger partial charge on any atom is -0.294 e. The normalized spacial score (nSPS) is 29.3. The van der Waals surface area contributed by atoms with Crippen LogP contribution in [0.1, 0.15) is 39.0 Å². The third-order valence-corrected chi connectivity index (χ3v) is 3.86. The fourth-order valence-corrected chi connectivity index (χ4v) is 2.80. The number of rotatable bonds is 0. The van der Waals surface area contributed by atoms with Crippen molar-refractivity contribution < 1.29 is 4.79 Å². The molecule has 0 atom stereocenters. The van der Waals surface area contributed by atoms with E-state index in [1.54, 1.807) is 0 Å². The van der Waals surface area contributed by atoms with E-state index in [1.807, 2.05) is 0 Å². The highest BCUT2D eigenvalue weighted by molar-refractivity contribution is 6.06. The van der Waals surface area contributed by atoms with Gasteiger partial charge in [-0.15, -0.1) is 0 Å². The zero-order chi connectivity index (χ0) is 9.05. The van der Waals surface area contributed by atoms with Gasteiger partial charge < -0.3 is 0 Å². The maximum Gasteiger partial charge on any atom is 0.169 e. The van der Waals surface area contributed by atoms with Crippen molar-refractivity contribution in [2.45, 2.75) is 39.0 Å². The van der Waals surface area contributed by atoms with E-state index in [2.05, 4.69) is 13.0 Å². The summed E-state index contributed by atoms with van der Waals surface area (Å²) in [7, 11) is 0. The van der Waals surface area contributed by atoms with Gasteiger partial charge in [-0.05, 0) is 50.2 Å². The Morgan fingerprint density at radius 2 is 2.08 bits per heavy atom. The molecule has 1 fully saturated rings. The van der Waals surface area contributed by atoms with Crippen molar-refractivity contribution in [3.05, 3.63) is 22.8 Å². The van der Waals surface area contributed by atoms with Crippen molar-refractivity contribution >= 4 is 5.78 Å². The summed E-state index contributed by atoms with van der Waals surface area (Å²) in [6.07, 6.45) is 7.86. The van der Waals surface area contributed by atoms with Crippen LogP contribution in [0.15, 0.2) is 22.8 Å². The van der Waals surface area contributed by atoms with E-state index >= 15 is 0 Å². The summed E-state index contributed by atoms with van der Waals surface area (Å²) in [6, 6.07) is 0. The molecule has 0 bridgehead atoms. The molecule has 1 heteroatoms. The first-order chi connectivity index (χ1) is 6.24. The van der Waals surface area contributed by atoms with Crippen LogP contribution in [0.5, 0.6) is 0 Å². The summed E-state index contributed by atoms with van der Waals surface area (Å²) in [6.45, 7) is 2.13. The first kappa shape index (κ1) is 7.54. The second-order valence-corrected chi connectivity index (χ2v) is 4.60. The first-order valence-electron chi connectivity index (χ1n) is 5.20. The van der Waals surface area contributed by atoms with Crippen LogP contribution in [-0.2, 0) is 4.79 Å². The fraction of sp³-hybridized carbons (Fsp3) is 0.583. The molecule has 0 aromatic rings. The van der Waals surface area contributed by atoms with Crippen LogP contribution in [0.3, 0.4) is 0 Å². The molecule has 0 aromatic carbocycles. The number of ketones is 1. The fourth-order valence-electron chi connectivity index (χ4n) is 2.80. The molecule has 68 valence electrons. The molecule has 1 saturated carbocycles. The SMILES string of the molecule is CC1=CC2=C(CCC2)C(=O)C12CC2. The second-order valence-electron chi connectivity index (χ2n) is 4.60. The molecule has 0 heterocycles. The molecule has 3 aliphatic rings. The summed E-state index contributed by atoms with van der Waals surface area (Å²) in [4.78, 5) is 12.1. The van der Waals surface area contributed by atoms with Gasteiger partial charge >= 0.3 is 0 Å². The number of hydrogen-bond acceptors (Lipinski definition) is 1. The Labute approximate surface area is 78.5 Å². The molecule has 0 saturated heterocycles. The standard InChI is InChI=1S/C12H14O/c1-8-7-9-3-2-4-10(9)11(13)12(8)5-6-12/h7H,2-6H2,1H3. The van der Waals surface area contributed by atoms with Crippen LogP contribution in [0.25, 0.3) is 0 Å². The Kier molecular flexibility index (Phi) is 1.24. The van der Waals surface area contributed by atoms with Crippen LogP contribution < -0.4 is 0 Å². The zero-order valence-corrected chi connectivity index (χ0v) is 8.02. The minimum absolute atomic E-state index is 0.00315. The van der Waals surface area contributed by atoms with Crippen LogP contribution >= 0.6 is 0 Å². The third kappa shape index (κ3) is 0.800.